The highest BCUT2D eigenvalue weighted by molar-refractivity contribution is 7.99. The fourth-order valence-corrected chi connectivity index (χ4v) is 6.14. The van der Waals surface area contributed by atoms with Crippen LogP contribution in [0.2, 0.25) is 0 Å². The van der Waals surface area contributed by atoms with E-state index in [0.717, 1.165) is 35.5 Å². The maximum absolute atomic E-state index is 13.0. The van der Waals surface area contributed by atoms with Gasteiger partial charge in [0.05, 0.1) is 31.8 Å². The highest BCUT2D eigenvalue weighted by Crippen LogP contribution is 2.40. The van der Waals surface area contributed by atoms with Crippen molar-refractivity contribution in [1.29, 1.82) is 0 Å². The minimum atomic E-state index is -0.495. The number of furan rings is 1. The third kappa shape index (κ3) is 5.48. The maximum Gasteiger partial charge on any atom is 0.341 e. The van der Waals surface area contributed by atoms with Gasteiger partial charge in [0.1, 0.15) is 10.6 Å². The largest absolute Gasteiger partial charge is 0.465 e. The Morgan fingerprint density at radius 2 is 2.05 bits per heavy atom. The minimum absolute atomic E-state index is 0.0611. The second-order valence-electron chi connectivity index (χ2n) is 8.46. The van der Waals surface area contributed by atoms with Crippen molar-refractivity contribution in [2.45, 2.75) is 37.6 Å². The fraction of sp³-hybridized carbons (Fsp3) is 0.308. The van der Waals surface area contributed by atoms with Gasteiger partial charge >= 0.3 is 5.97 Å². The van der Waals surface area contributed by atoms with Gasteiger partial charge in [0.2, 0.25) is 11.7 Å². The van der Waals surface area contributed by atoms with E-state index in [4.69, 9.17) is 13.9 Å². The second kappa shape index (κ2) is 11.3. The van der Waals surface area contributed by atoms with Crippen LogP contribution >= 0.6 is 23.1 Å². The van der Waals surface area contributed by atoms with Crippen LogP contribution in [0.25, 0.3) is 22.7 Å². The van der Waals surface area contributed by atoms with E-state index < -0.39 is 5.97 Å². The number of hydrogen-bond acceptors (Lipinski definition) is 9. The molecule has 1 aliphatic rings. The summed E-state index contributed by atoms with van der Waals surface area (Å²) in [6, 6.07) is 13.2. The van der Waals surface area contributed by atoms with Crippen LogP contribution in [-0.4, -0.2) is 52.2 Å². The van der Waals surface area contributed by atoms with E-state index in [0.29, 0.717) is 33.9 Å². The van der Waals surface area contributed by atoms with E-state index in [1.54, 1.807) is 12.3 Å². The monoisotopic (exact) mass is 538 g/mol. The number of amides is 1. The zero-order valence-electron chi connectivity index (χ0n) is 20.4. The molecule has 1 amide bonds. The average molecular weight is 539 g/mol. The SMILES string of the molecule is COC(=O)c1c(NC(=O)CSc2nnc(-c3ccco3)n2CC2CCCO2)sc(C)c1-c1ccccc1. The Bertz CT molecular complexity index is 1380. The van der Waals surface area contributed by atoms with Gasteiger partial charge in [0.25, 0.3) is 0 Å². The normalized spacial score (nSPS) is 15.1. The number of carbonyl (C=O) groups excluding carboxylic acids is 2. The van der Waals surface area contributed by atoms with Crippen LogP contribution in [0.15, 0.2) is 58.3 Å². The molecule has 0 radical (unpaired) electrons. The smallest absolute Gasteiger partial charge is 0.341 e. The summed E-state index contributed by atoms with van der Waals surface area (Å²) in [4.78, 5) is 26.6. The molecule has 1 aliphatic heterocycles. The molecule has 9 nitrogen and oxygen atoms in total. The topological polar surface area (TPSA) is 108 Å². The number of anilines is 1. The molecule has 192 valence electrons. The summed E-state index contributed by atoms with van der Waals surface area (Å²) in [5.41, 5.74) is 2.01. The van der Waals surface area contributed by atoms with Crippen molar-refractivity contribution in [3.05, 3.63) is 59.2 Å². The van der Waals surface area contributed by atoms with Gasteiger partial charge in [-0.25, -0.2) is 4.79 Å². The van der Waals surface area contributed by atoms with Crippen molar-refractivity contribution in [1.82, 2.24) is 14.8 Å². The number of carbonyl (C=O) groups is 2. The quantitative estimate of drug-likeness (QED) is 0.227. The molecule has 37 heavy (non-hydrogen) atoms. The van der Waals surface area contributed by atoms with Crippen LogP contribution in [0.5, 0.6) is 0 Å². The van der Waals surface area contributed by atoms with Crippen molar-refractivity contribution >= 4 is 40.0 Å². The zero-order chi connectivity index (χ0) is 25.8. The summed E-state index contributed by atoms with van der Waals surface area (Å²) in [6.07, 6.45) is 3.62. The molecule has 11 heteroatoms. The van der Waals surface area contributed by atoms with E-state index in [2.05, 4.69) is 15.5 Å². The number of ether oxygens (including phenoxy) is 2. The molecule has 0 spiro atoms. The summed E-state index contributed by atoms with van der Waals surface area (Å²) in [7, 11) is 1.34. The third-order valence-electron chi connectivity index (χ3n) is 5.99. The number of nitrogens with zero attached hydrogens (tertiary/aromatic N) is 3. The number of rotatable bonds is 9. The molecule has 0 aliphatic carbocycles. The maximum atomic E-state index is 13.0. The Kier molecular flexibility index (Phi) is 7.73. The highest BCUT2D eigenvalue weighted by atomic mass is 32.2. The number of aromatic nitrogens is 3. The molecule has 5 rings (SSSR count). The van der Waals surface area contributed by atoms with Gasteiger partial charge in [0, 0.05) is 17.0 Å². The first-order valence-electron chi connectivity index (χ1n) is 11.8. The first-order valence-corrected chi connectivity index (χ1v) is 13.6. The Hall–Kier alpha value is -3.41. The summed E-state index contributed by atoms with van der Waals surface area (Å²) in [5.74, 6) is 0.526. The lowest BCUT2D eigenvalue weighted by Gasteiger charge is -2.14. The van der Waals surface area contributed by atoms with Gasteiger partial charge in [0.15, 0.2) is 10.9 Å². The molecule has 1 unspecified atom stereocenters. The van der Waals surface area contributed by atoms with Gasteiger partial charge in [-0.3, -0.25) is 9.36 Å². The van der Waals surface area contributed by atoms with Gasteiger partial charge in [-0.15, -0.1) is 21.5 Å². The summed E-state index contributed by atoms with van der Waals surface area (Å²) >= 11 is 2.62. The molecule has 1 N–H and O–H groups in total. The number of nitrogens with one attached hydrogen (secondary N) is 1. The van der Waals surface area contributed by atoms with Gasteiger partial charge in [-0.05, 0) is 37.5 Å². The van der Waals surface area contributed by atoms with Gasteiger partial charge in [-0.2, -0.15) is 0 Å². The van der Waals surface area contributed by atoms with E-state index in [1.807, 2.05) is 47.9 Å². The predicted molar refractivity (Wildman–Crippen MR) is 142 cm³/mol. The molecule has 1 saturated heterocycles. The first kappa shape index (κ1) is 25.2. The second-order valence-corrected chi connectivity index (χ2v) is 10.6. The van der Waals surface area contributed by atoms with E-state index in [1.165, 1.54) is 30.2 Å². The summed E-state index contributed by atoms with van der Waals surface area (Å²) in [5, 5.41) is 12.6. The lowest BCUT2D eigenvalue weighted by Crippen LogP contribution is -2.18. The van der Waals surface area contributed by atoms with Crippen molar-refractivity contribution < 1.29 is 23.5 Å². The van der Waals surface area contributed by atoms with E-state index in [-0.39, 0.29) is 17.8 Å². The van der Waals surface area contributed by atoms with Crippen molar-refractivity contribution in [2.75, 3.05) is 24.8 Å². The molecule has 1 atom stereocenters. The third-order valence-corrected chi connectivity index (χ3v) is 7.98. The van der Waals surface area contributed by atoms with E-state index >= 15 is 0 Å². The highest BCUT2D eigenvalue weighted by Gasteiger charge is 2.26. The lowest BCUT2D eigenvalue weighted by atomic mass is 10.0. The van der Waals surface area contributed by atoms with Crippen molar-refractivity contribution in [3.8, 4) is 22.7 Å². The number of thioether (sulfide) groups is 1. The summed E-state index contributed by atoms with van der Waals surface area (Å²) < 4.78 is 18.3. The van der Waals surface area contributed by atoms with E-state index in [9.17, 15) is 9.59 Å². The molecule has 1 aromatic carbocycles. The van der Waals surface area contributed by atoms with Crippen molar-refractivity contribution in [3.63, 3.8) is 0 Å². The number of methoxy groups -OCH3 is 1. The Morgan fingerprint density at radius 3 is 2.76 bits per heavy atom. The van der Waals surface area contributed by atoms with Crippen molar-refractivity contribution in [2.24, 2.45) is 0 Å². The van der Waals surface area contributed by atoms with Crippen LogP contribution in [0.3, 0.4) is 0 Å². The van der Waals surface area contributed by atoms with Gasteiger partial charge < -0.3 is 19.2 Å². The Balaban J connectivity index is 1.35. The van der Waals surface area contributed by atoms with Crippen LogP contribution in [0.4, 0.5) is 5.00 Å². The molecule has 4 heterocycles. The molecule has 0 saturated carbocycles. The molecular formula is C26H26N4O5S2. The van der Waals surface area contributed by atoms with Crippen LogP contribution in [-0.2, 0) is 20.8 Å². The number of esters is 1. The number of aryl methyl sites for hydroxylation is 1. The predicted octanol–water partition coefficient (Wildman–Crippen LogP) is 5.27. The molecule has 3 aromatic heterocycles. The fourth-order valence-electron chi connectivity index (χ4n) is 4.31. The standard InChI is InChI=1S/C26H26N4O5S2/c1-16-21(17-8-4-3-5-9-17)22(25(32)33-2)24(37-16)27-20(31)15-36-26-29-28-23(19-11-7-13-35-19)30(26)14-18-10-6-12-34-18/h3-5,7-9,11,13,18H,6,10,12,14-15H2,1-2H3,(H,27,31). The summed E-state index contributed by atoms with van der Waals surface area (Å²) in [6.45, 7) is 3.24. The Labute approximate surface area is 222 Å². The Morgan fingerprint density at radius 1 is 1.22 bits per heavy atom. The van der Waals surface area contributed by atoms with Gasteiger partial charge in [-0.1, -0.05) is 42.1 Å². The van der Waals surface area contributed by atoms with Crippen LogP contribution in [0, 0.1) is 6.92 Å². The zero-order valence-corrected chi connectivity index (χ0v) is 22.1. The minimum Gasteiger partial charge on any atom is -0.465 e. The van der Waals surface area contributed by atoms with Crippen LogP contribution in [0.1, 0.15) is 28.1 Å². The molecular weight excluding hydrogens is 512 g/mol. The number of thiophene rings is 1. The first-order chi connectivity index (χ1) is 18.0. The van der Waals surface area contributed by atoms with Crippen LogP contribution < -0.4 is 5.32 Å². The molecule has 0 bridgehead atoms. The lowest BCUT2D eigenvalue weighted by molar-refractivity contribution is -0.113. The molecule has 4 aromatic rings. The number of hydrogen-bond donors (Lipinski definition) is 1. The average Bonchev–Trinajstić information content (AvgIpc) is 3.71. The molecule has 1 fully saturated rings. The number of benzene rings is 1.